The quantitative estimate of drug-likeness (QED) is 0.245. The summed E-state index contributed by atoms with van der Waals surface area (Å²) in [5.41, 5.74) is 3.27. The van der Waals surface area contributed by atoms with Gasteiger partial charge in [0.2, 0.25) is 5.91 Å². The first-order valence-corrected chi connectivity index (χ1v) is 10.5. The second-order valence-corrected chi connectivity index (χ2v) is 7.73. The van der Waals surface area contributed by atoms with E-state index in [4.69, 9.17) is 0 Å². The van der Waals surface area contributed by atoms with Gasteiger partial charge in [0, 0.05) is 43.2 Å². The lowest BCUT2D eigenvalue weighted by atomic mass is 10.0. The fourth-order valence-electron chi connectivity index (χ4n) is 3.86. The Morgan fingerprint density at radius 1 is 0.906 bits per heavy atom. The van der Waals surface area contributed by atoms with Crippen molar-refractivity contribution in [2.45, 2.75) is 25.9 Å². The van der Waals surface area contributed by atoms with E-state index in [1.807, 2.05) is 29.2 Å². The van der Waals surface area contributed by atoms with Crippen molar-refractivity contribution in [3.05, 3.63) is 105 Å². The number of nitrogens with zero attached hydrogens (tertiary/aromatic N) is 2. The number of ketones is 1. The van der Waals surface area contributed by atoms with Crippen molar-refractivity contribution in [2.24, 2.45) is 0 Å². The number of nitrogens with one attached hydrogen (secondary N) is 1. The number of nitro groups is 1. The summed E-state index contributed by atoms with van der Waals surface area (Å²) in [5, 5.41) is 14.6. The van der Waals surface area contributed by atoms with E-state index in [1.165, 1.54) is 17.2 Å². The molecule has 0 aromatic heterocycles. The molecule has 0 saturated heterocycles. The monoisotopic (exact) mass is 429 g/mol. The zero-order valence-corrected chi connectivity index (χ0v) is 17.5. The summed E-state index contributed by atoms with van der Waals surface area (Å²) in [4.78, 5) is 38.0. The fraction of sp³-hybridized carbons (Fsp3) is 0.200. The number of fused-ring (bicyclic) bond motifs is 1. The van der Waals surface area contributed by atoms with Gasteiger partial charge < -0.3 is 10.2 Å². The van der Waals surface area contributed by atoms with Gasteiger partial charge in [-0.1, -0.05) is 54.6 Å². The molecule has 0 radical (unpaired) electrons. The number of rotatable bonds is 8. The molecule has 0 saturated carbocycles. The molecule has 0 bridgehead atoms. The van der Waals surface area contributed by atoms with Gasteiger partial charge in [-0.25, -0.2) is 0 Å². The van der Waals surface area contributed by atoms with Crippen LogP contribution in [0.25, 0.3) is 0 Å². The molecule has 0 aliphatic carbocycles. The molecule has 1 heterocycles. The Balaban J connectivity index is 1.33. The first-order valence-electron chi connectivity index (χ1n) is 10.5. The van der Waals surface area contributed by atoms with Crippen molar-refractivity contribution in [3.63, 3.8) is 0 Å². The largest absolute Gasteiger partial charge is 0.379 e. The Bertz CT molecular complexity index is 1140. The summed E-state index contributed by atoms with van der Waals surface area (Å²) in [6.07, 6.45) is 0.910. The number of hydrogen-bond donors (Lipinski definition) is 1. The number of benzene rings is 3. The maximum atomic E-state index is 12.6. The minimum Gasteiger partial charge on any atom is -0.379 e. The topological polar surface area (TPSA) is 92.6 Å². The zero-order chi connectivity index (χ0) is 22.5. The van der Waals surface area contributed by atoms with E-state index in [2.05, 4.69) is 5.32 Å². The summed E-state index contributed by atoms with van der Waals surface area (Å²) in [5.74, 6) is -0.196. The molecular weight excluding hydrogens is 406 g/mol. The molecule has 32 heavy (non-hydrogen) atoms. The van der Waals surface area contributed by atoms with E-state index in [0.717, 1.165) is 0 Å². The van der Waals surface area contributed by atoms with Crippen molar-refractivity contribution in [1.29, 1.82) is 0 Å². The highest BCUT2D eigenvalue weighted by atomic mass is 16.6. The molecule has 3 aromatic carbocycles. The SMILES string of the molecule is O=C(c1ccccc1)c1ccc(NCCCC(=O)N2Cc3ccccc3C2)c([N+](=O)[O-])c1. The van der Waals surface area contributed by atoms with Crippen LogP contribution in [0.4, 0.5) is 11.4 Å². The Morgan fingerprint density at radius 2 is 1.56 bits per heavy atom. The Labute approximate surface area is 185 Å². The van der Waals surface area contributed by atoms with Crippen molar-refractivity contribution in [2.75, 3.05) is 11.9 Å². The van der Waals surface area contributed by atoms with Gasteiger partial charge in [-0.05, 0) is 29.7 Å². The van der Waals surface area contributed by atoms with Gasteiger partial charge in [-0.15, -0.1) is 0 Å². The molecule has 4 rings (SSSR count). The summed E-state index contributed by atoms with van der Waals surface area (Å²) < 4.78 is 0. The highest BCUT2D eigenvalue weighted by Gasteiger charge is 2.22. The number of carbonyl (C=O) groups excluding carboxylic acids is 2. The molecule has 1 aliphatic rings. The van der Waals surface area contributed by atoms with E-state index >= 15 is 0 Å². The van der Waals surface area contributed by atoms with Gasteiger partial charge in [-0.3, -0.25) is 19.7 Å². The van der Waals surface area contributed by atoms with E-state index in [0.29, 0.717) is 43.7 Å². The van der Waals surface area contributed by atoms with E-state index in [-0.39, 0.29) is 22.9 Å². The third-order valence-electron chi connectivity index (χ3n) is 5.57. The third-order valence-corrected chi connectivity index (χ3v) is 5.57. The molecule has 162 valence electrons. The standard InChI is InChI=1S/C25H23N3O4/c29-24(27-16-20-9-4-5-10-21(20)17-27)11-6-14-26-22-13-12-19(15-23(22)28(31)32)25(30)18-7-2-1-3-8-18/h1-5,7-10,12-13,15,26H,6,11,14,16-17H2. The lowest BCUT2D eigenvalue weighted by Gasteiger charge is -2.15. The predicted octanol–water partition coefficient (Wildman–Crippen LogP) is 4.56. The summed E-state index contributed by atoms with van der Waals surface area (Å²) in [6.45, 7) is 1.68. The zero-order valence-electron chi connectivity index (χ0n) is 17.5. The van der Waals surface area contributed by atoms with Crippen LogP contribution in [0.3, 0.4) is 0 Å². The predicted molar refractivity (Wildman–Crippen MR) is 121 cm³/mol. The van der Waals surface area contributed by atoms with Gasteiger partial charge in [0.1, 0.15) is 5.69 Å². The average molecular weight is 429 g/mol. The van der Waals surface area contributed by atoms with Crippen molar-refractivity contribution < 1.29 is 14.5 Å². The van der Waals surface area contributed by atoms with Crippen molar-refractivity contribution in [1.82, 2.24) is 4.90 Å². The van der Waals surface area contributed by atoms with Gasteiger partial charge in [0.05, 0.1) is 4.92 Å². The number of anilines is 1. The van der Waals surface area contributed by atoms with Crippen LogP contribution in [0.5, 0.6) is 0 Å². The number of hydrogen-bond acceptors (Lipinski definition) is 5. The number of nitro benzene ring substituents is 1. The van der Waals surface area contributed by atoms with Crippen LogP contribution in [0.1, 0.15) is 39.9 Å². The first-order chi connectivity index (χ1) is 15.5. The maximum absolute atomic E-state index is 12.6. The smallest absolute Gasteiger partial charge is 0.293 e. The normalized spacial score (nSPS) is 12.3. The fourth-order valence-corrected chi connectivity index (χ4v) is 3.86. The molecule has 0 atom stereocenters. The molecule has 0 spiro atoms. The molecule has 3 aromatic rings. The molecule has 1 aliphatic heterocycles. The van der Waals surface area contributed by atoms with E-state index in [9.17, 15) is 19.7 Å². The van der Waals surface area contributed by atoms with Crippen LogP contribution in [0.15, 0.2) is 72.8 Å². The molecule has 0 fully saturated rings. The van der Waals surface area contributed by atoms with Gasteiger partial charge in [0.15, 0.2) is 5.78 Å². The lowest BCUT2D eigenvalue weighted by Crippen LogP contribution is -2.25. The second-order valence-electron chi connectivity index (χ2n) is 7.73. The van der Waals surface area contributed by atoms with Crippen molar-refractivity contribution >= 4 is 23.1 Å². The minimum atomic E-state index is -0.503. The number of amides is 1. The minimum absolute atomic E-state index is 0.0707. The van der Waals surface area contributed by atoms with E-state index in [1.54, 1.807) is 42.5 Å². The van der Waals surface area contributed by atoms with Gasteiger partial charge in [0.25, 0.3) is 5.69 Å². The van der Waals surface area contributed by atoms with Gasteiger partial charge in [-0.2, -0.15) is 0 Å². The lowest BCUT2D eigenvalue weighted by molar-refractivity contribution is -0.384. The molecule has 7 nitrogen and oxygen atoms in total. The highest BCUT2D eigenvalue weighted by Crippen LogP contribution is 2.27. The Morgan fingerprint density at radius 3 is 2.22 bits per heavy atom. The number of carbonyl (C=O) groups is 2. The highest BCUT2D eigenvalue weighted by molar-refractivity contribution is 6.09. The second kappa shape index (κ2) is 9.43. The van der Waals surface area contributed by atoms with E-state index < -0.39 is 4.92 Å². The Hall–Kier alpha value is -4.00. The third kappa shape index (κ3) is 4.67. The van der Waals surface area contributed by atoms with Crippen LogP contribution < -0.4 is 5.32 Å². The molecule has 7 heteroatoms. The molecular formula is C25H23N3O4. The molecule has 0 unspecified atom stereocenters. The summed E-state index contributed by atoms with van der Waals surface area (Å²) in [7, 11) is 0. The van der Waals surface area contributed by atoms with Crippen LogP contribution in [-0.2, 0) is 17.9 Å². The first kappa shape index (κ1) is 21.2. The summed E-state index contributed by atoms with van der Waals surface area (Å²) in [6, 6.07) is 21.1. The van der Waals surface area contributed by atoms with Crippen LogP contribution >= 0.6 is 0 Å². The maximum Gasteiger partial charge on any atom is 0.293 e. The molecule has 1 N–H and O–H groups in total. The van der Waals surface area contributed by atoms with Crippen LogP contribution in [0.2, 0.25) is 0 Å². The average Bonchev–Trinajstić information content (AvgIpc) is 3.26. The van der Waals surface area contributed by atoms with Crippen LogP contribution in [0, 0.1) is 10.1 Å². The van der Waals surface area contributed by atoms with Crippen molar-refractivity contribution in [3.8, 4) is 0 Å². The van der Waals surface area contributed by atoms with Gasteiger partial charge >= 0.3 is 0 Å². The molecule has 1 amide bonds. The Kier molecular flexibility index (Phi) is 6.26. The van der Waals surface area contributed by atoms with Crippen LogP contribution in [-0.4, -0.2) is 28.1 Å². The summed E-state index contributed by atoms with van der Waals surface area (Å²) >= 11 is 0.